The Morgan fingerprint density at radius 2 is 2.00 bits per heavy atom. The molecule has 3 N–H and O–H groups in total. The van der Waals surface area contributed by atoms with Gasteiger partial charge in [-0.2, -0.15) is 0 Å². The second kappa shape index (κ2) is 5.21. The Labute approximate surface area is 102 Å². The minimum absolute atomic E-state index is 0.00291. The van der Waals surface area contributed by atoms with Crippen LogP contribution in [0, 0.1) is 5.92 Å². The van der Waals surface area contributed by atoms with Crippen molar-refractivity contribution in [3.63, 3.8) is 0 Å². The lowest BCUT2D eigenvalue weighted by atomic mass is 9.87. The highest BCUT2D eigenvalue weighted by Crippen LogP contribution is 2.23. The molecule has 17 heavy (non-hydrogen) atoms. The van der Waals surface area contributed by atoms with Crippen LogP contribution in [-0.2, 0) is 0 Å². The summed E-state index contributed by atoms with van der Waals surface area (Å²) in [5.41, 5.74) is 6.96. The zero-order valence-corrected chi connectivity index (χ0v) is 10.3. The van der Waals surface area contributed by atoms with E-state index >= 15 is 0 Å². The van der Waals surface area contributed by atoms with Gasteiger partial charge in [0.15, 0.2) is 0 Å². The van der Waals surface area contributed by atoms with Crippen LogP contribution in [0.3, 0.4) is 0 Å². The number of amides is 1. The molecule has 1 fully saturated rings. The zero-order valence-electron chi connectivity index (χ0n) is 10.3. The van der Waals surface area contributed by atoms with Crippen molar-refractivity contribution in [3.8, 4) is 0 Å². The van der Waals surface area contributed by atoms with Crippen molar-refractivity contribution in [2.75, 3.05) is 5.73 Å². The highest BCUT2D eigenvalue weighted by atomic mass is 16.1. The fourth-order valence-electron chi connectivity index (χ4n) is 2.35. The molecule has 1 aliphatic rings. The molecule has 1 amide bonds. The first-order valence-corrected chi connectivity index (χ1v) is 6.31. The molecule has 2 rings (SSSR count). The maximum absolute atomic E-state index is 12.0. The van der Waals surface area contributed by atoms with Crippen LogP contribution in [0.25, 0.3) is 0 Å². The van der Waals surface area contributed by atoms with Gasteiger partial charge in [0.1, 0.15) is 0 Å². The molecule has 0 spiro atoms. The van der Waals surface area contributed by atoms with Gasteiger partial charge < -0.3 is 11.1 Å². The number of benzene rings is 1. The molecule has 1 aromatic rings. The summed E-state index contributed by atoms with van der Waals surface area (Å²) in [6.45, 7) is 2.27. The van der Waals surface area contributed by atoms with E-state index in [4.69, 9.17) is 5.73 Å². The summed E-state index contributed by atoms with van der Waals surface area (Å²) in [7, 11) is 0. The van der Waals surface area contributed by atoms with Crippen LogP contribution < -0.4 is 11.1 Å². The molecular formula is C14H20N2O. The lowest BCUT2D eigenvalue weighted by Gasteiger charge is -2.26. The van der Waals surface area contributed by atoms with E-state index in [0.29, 0.717) is 17.3 Å². The highest BCUT2D eigenvalue weighted by molar-refractivity contribution is 5.95. The smallest absolute Gasteiger partial charge is 0.251 e. The van der Waals surface area contributed by atoms with Gasteiger partial charge >= 0.3 is 0 Å². The van der Waals surface area contributed by atoms with Gasteiger partial charge in [0.05, 0.1) is 0 Å². The Kier molecular flexibility index (Phi) is 3.67. The van der Waals surface area contributed by atoms with Crippen LogP contribution in [0.15, 0.2) is 24.3 Å². The van der Waals surface area contributed by atoms with Gasteiger partial charge in [-0.1, -0.05) is 13.0 Å². The molecule has 1 aromatic carbocycles. The van der Waals surface area contributed by atoms with E-state index in [0.717, 1.165) is 18.8 Å². The van der Waals surface area contributed by atoms with Crippen molar-refractivity contribution >= 4 is 11.6 Å². The summed E-state index contributed by atoms with van der Waals surface area (Å²) in [5, 5.41) is 3.09. The zero-order chi connectivity index (χ0) is 12.3. The topological polar surface area (TPSA) is 55.1 Å². The molecule has 1 saturated carbocycles. The summed E-state index contributed by atoms with van der Waals surface area (Å²) in [6.07, 6.45) is 4.61. The second-order valence-corrected chi connectivity index (χ2v) is 5.06. The average Bonchev–Trinajstić information content (AvgIpc) is 2.32. The molecule has 3 heteroatoms. The van der Waals surface area contributed by atoms with E-state index in [9.17, 15) is 4.79 Å². The van der Waals surface area contributed by atoms with E-state index in [1.54, 1.807) is 18.2 Å². The third-order valence-corrected chi connectivity index (χ3v) is 3.50. The van der Waals surface area contributed by atoms with E-state index in [2.05, 4.69) is 12.2 Å². The minimum atomic E-state index is -0.00291. The van der Waals surface area contributed by atoms with Crippen molar-refractivity contribution in [1.82, 2.24) is 5.32 Å². The third kappa shape index (κ3) is 3.22. The highest BCUT2D eigenvalue weighted by Gasteiger charge is 2.20. The lowest BCUT2D eigenvalue weighted by molar-refractivity contribution is 0.0923. The molecular weight excluding hydrogens is 212 g/mol. The molecule has 1 aliphatic carbocycles. The normalized spacial score (nSPS) is 24.3. The Morgan fingerprint density at radius 3 is 2.65 bits per heavy atom. The fourth-order valence-corrected chi connectivity index (χ4v) is 2.35. The summed E-state index contributed by atoms with van der Waals surface area (Å²) in [4.78, 5) is 12.0. The average molecular weight is 232 g/mol. The first-order chi connectivity index (χ1) is 8.15. The number of hydrogen-bond donors (Lipinski definition) is 2. The largest absolute Gasteiger partial charge is 0.399 e. The Balaban J connectivity index is 1.93. The molecule has 92 valence electrons. The van der Waals surface area contributed by atoms with Gasteiger partial charge in [-0.3, -0.25) is 4.79 Å². The van der Waals surface area contributed by atoms with E-state index < -0.39 is 0 Å². The number of rotatable bonds is 2. The van der Waals surface area contributed by atoms with Crippen LogP contribution in [0.5, 0.6) is 0 Å². The number of anilines is 1. The van der Waals surface area contributed by atoms with E-state index in [-0.39, 0.29) is 5.91 Å². The van der Waals surface area contributed by atoms with Crippen molar-refractivity contribution in [2.24, 2.45) is 5.92 Å². The molecule has 0 unspecified atom stereocenters. The standard InChI is InChI=1S/C14H20N2O/c1-10-5-7-13(8-6-10)16-14(17)11-3-2-4-12(15)9-11/h2-4,9-10,13H,5-8,15H2,1H3,(H,16,17). The minimum Gasteiger partial charge on any atom is -0.399 e. The Morgan fingerprint density at radius 1 is 1.29 bits per heavy atom. The number of hydrogen-bond acceptors (Lipinski definition) is 2. The van der Waals surface area contributed by atoms with Crippen LogP contribution in [0.4, 0.5) is 5.69 Å². The first-order valence-electron chi connectivity index (χ1n) is 6.31. The molecule has 0 atom stereocenters. The summed E-state index contributed by atoms with van der Waals surface area (Å²) in [5.74, 6) is 0.798. The van der Waals surface area contributed by atoms with Gasteiger partial charge in [-0.05, 0) is 49.8 Å². The number of carbonyl (C=O) groups excluding carboxylic acids is 1. The van der Waals surface area contributed by atoms with Gasteiger partial charge in [0.25, 0.3) is 5.91 Å². The van der Waals surface area contributed by atoms with E-state index in [1.807, 2.05) is 6.07 Å². The summed E-state index contributed by atoms with van der Waals surface area (Å²) >= 11 is 0. The monoisotopic (exact) mass is 232 g/mol. The molecule has 0 aliphatic heterocycles. The van der Waals surface area contributed by atoms with Gasteiger partial charge in [0.2, 0.25) is 0 Å². The number of nitrogens with two attached hydrogens (primary N) is 1. The summed E-state index contributed by atoms with van der Waals surface area (Å²) in [6, 6.07) is 7.46. The molecule has 0 aromatic heterocycles. The third-order valence-electron chi connectivity index (χ3n) is 3.50. The fraction of sp³-hybridized carbons (Fsp3) is 0.500. The van der Waals surface area contributed by atoms with Crippen molar-refractivity contribution < 1.29 is 4.79 Å². The van der Waals surface area contributed by atoms with Crippen molar-refractivity contribution in [2.45, 2.75) is 38.6 Å². The quantitative estimate of drug-likeness (QED) is 0.770. The van der Waals surface area contributed by atoms with Crippen LogP contribution >= 0.6 is 0 Å². The maximum Gasteiger partial charge on any atom is 0.251 e. The molecule has 0 bridgehead atoms. The van der Waals surface area contributed by atoms with Crippen molar-refractivity contribution in [1.29, 1.82) is 0 Å². The molecule has 0 heterocycles. The number of carbonyl (C=O) groups is 1. The summed E-state index contributed by atoms with van der Waals surface area (Å²) < 4.78 is 0. The van der Waals surface area contributed by atoms with Gasteiger partial charge in [-0.25, -0.2) is 0 Å². The van der Waals surface area contributed by atoms with Gasteiger partial charge in [-0.15, -0.1) is 0 Å². The first kappa shape index (κ1) is 12.0. The predicted molar refractivity (Wildman–Crippen MR) is 69.7 cm³/mol. The molecule has 3 nitrogen and oxygen atoms in total. The van der Waals surface area contributed by atoms with E-state index in [1.165, 1.54) is 12.8 Å². The second-order valence-electron chi connectivity index (χ2n) is 5.06. The van der Waals surface area contributed by atoms with Crippen molar-refractivity contribution in [3.05, 3.63) is 29.8 Å². The predicted octanol–water partition coefficient (Wildman–Crippen LogP) is 2.58. The van der Waals surface area contributed by atoms with Crippen LogP contribution in [0.2, 0.25) is 0 Å². The lowest BCUT2D eigenvalue weighted by Crippen LogP contribution is -2.37. The number of nitrogen functional groups attached to an aromatic ring is 1. The number of nitrogens with one attached hydrogen (secondary N) is 1. The SMILES string of the molecule is CC1CCC(NC(=O)c2cccc(N)c2)CC1. The van der Waals surface area contributed by atoms with Crippen LogP contribution in [0.1, 0.15) is 43.0 Å². The Bertz CT molecular complexity index is 395. The molecule has 0 saturated heterocycles. The Hall–Kier alpha value is -1.51. The molecule has 0 radical (unpaired) electrons. The maximum atomic E-state index is 12.0. The van der Waals surface area contributed by atoms with Gasteiger partial charge in [0, 0.05) is 17.3 Å². The van der Waals surface area contributed by atoms with Crippen LogP contribution in [-0.4, -0.2) is 11.9 Å².